The van der Waals surface area contributed by atoms with Crippen molar-refractivity contribution < 1.29 is 47.0 Å². The fourth-order valence-electron chi connectivity index (χ4n) is 2.03. The van der Waals surface area contributed by atoms with E-state index < -0.39 is 20.1 Å². The molecular weight excluding hydrogens is 524 g/mol. The number of ether oxygens (including phenoxy) is 3. The normalized spacial score (nSPS) is 12.6. The summed E-state index contributed by atoms with van der Waals surface area (Å²) in [7, 11) is -1.78. The van der Waals surface area contributed by atoms with Gasteiger partial charge in [0.15, 0.2) is 0 Å². The number of aliphatic hydroxyl groups is 1. The zero-order chi connectivity index (χ0) is 25.1. The maximum absolute atomic E-state index is 12.8. The first-order valence-electron chi connectivity index (χ1n) is 10.2. The van der Waals surface area contributed by atoms with Gasteiger partial charge in [0, 0.05) is 19.4 Å². The van der Waals surface area contributed by atoms with Crippen LogP contribution < -0.4 is 9.05 Å². The van der Waals surface area contributed by atoms with Gasteiger partial charge in [-0.25, -0.2) is 9.59 Å². The number of carbonyl (C=O) groups excluding carboxylic acids is 2. The number of cyclic esters (lactones) is 2. The summed E-state index contributed by atoms with van der Waals surface area (Å²) in [5.41, 5.74) is 0. The molecule has 0 aromatic heterocycles. The van der Waals surface area contributed by atoms with Gasteiger partial charge in [0.05, 0.1) is 21.1 Å². The average molecular weight is 552 g/mol. The van der Waals surface area contributed by atoms with Crippen LogP contribution in [0.2, 0.25) is 0 Å². The van der Waals surface area contributed by atoms with Gasteiger partial charge in [-0.05, 0) is 24.3 Å². The highest BCUT2D eigenvalue weighted by Gasteiger charge is 2.36. The van der Waals surface area contributed by atoms with Gasteiger partial charge in [-0.3, -0.25) is 0 Å². The molecule has 2 atom stereocenters. The Hall–Kier alpha value is -1.94. The van der Waals surface area contributed by atoms with Gasteiger partial charge in [0.2, 0.25) is 0 Å². The van der Waals surface area contributed by atoms with Crippen molar-refractivity contribution in [1.82, 2.24) is 0 Å². The van der Waals surface area contributed by atoms with Gasteiger partial charge < -0.3 is 42.8 Å². The van der Waals surface area contributed by atoms with Crippen LogP contribution >= 0.6 is 35.5 Å². The molecule has 0 spiro atoms. The molecule has 0 amide bonds. The molecule has 1 aliphatic rings. The molecule has 1 heterocycles. The number of benzene rings is 2. The number of hydrogen-bond donors (Lipinski definition) is 1. The first-order valence-corrected chi connectivity index (χ1v) is 13.4. The van der Waals surface area contributed by atoms with E-state index in [1.165, 1.54) is 0 Å². The molecule has 0 radical (unpaired) electrons. The molecule has 10 nitrogen and oxygen atoms in total. The lowest BCUT2D eigenvalue weighted by Crippen LogP contribution is -2.16. The summed E-state index contributed by atoms with van der Waals surface area (Å²) < 4.78 is 47.8. The van der Waals surface area contributed by atoms with Crippen molar-refractivity contribution >= 4 is 47.8 Å². The highest BCUT2D eigenvalue weighted by molar-refractivity contribution is 7.92. The second-order valence-corrected chi connectivity index (χ2v) is 7.27. The molecule has 1 N–H and O–H groups in total. The van der Waals surface area contributed by atoms with Crippen molar-refractivity contribution in [1.29, 1.82) is 1.28 Å². The van der Waals surface area contributed by atoms with Crippen LogP contribution in [-0.4, -0.2) is 45.1 Å². The third kappa shape index (κ3) is 14.3. The summed E-state index contributed by atoms with van der Waals surface area (Å²) in [5.74, 6) is 0.417. The van der Waals surface area contributed by atoms with Crippen LogP contribution in [0.15, 0.2) is 60.7 Å². The second kappa shape index (κ2) is 19.4. The van der Waals surface area contributed by atoms with Crippen LogP contribution in [0.25, 0.3) is 0 Å². The maximum atomic E-state index is 12.8. The lowest BCUT2D eigenvalue weighted by molar-refractivity contribution is 0.0192. The highest BCUT2D eigenvalue weighted by atomic mass is 32.0. The molecule has 2 aromatic carbocycles. The van der Waals surface area contributed by atoms with Crippen LogP contribution in [0.1, 0.15) is 12.8 Å². The van der Waals surface area contributed by atoms with E-state index in [4.69, 9.17) is 24.7 Å². The van der Waals surface area contributed by atoms with Gasteiger partial charge >= 0.3 is 20.1 Å². The topological polar surface area (TPSA) is 127 Å². The van der Waals surface area contributed by atoms with Gasteiger partial charge in [0.25, 0.3) is 0 Å². The Kier molecular flexibility index (Phi) is 17.1. The minimum Gasteiger partial charge on any atom is -3.00 e. The van der Waals surface area contributed by atoms with Crippen LogP contribution in [0, 0.1) is 0 Å². The molecule has 1 aliphatic heterocycles. The van der Waals surface area contributed by atoms with Gasteiger partial charge in [-0.2, -0.15) is 4.57 Å². The fraction of sp³-hybridized carbons (Fsp3) is 0.300. The minimum absolute atomic E-state index is 0. The van der Waals surface area contributed by atoms with Crippen molar-refractivity contribution in [2.75, 3.05) is 26.4 Å². The molecule has 34 heavy (non-hydrogen) atoms. The Morgan fingerprint density at radius 1 is 1.03 bits per heavy atom. The lowest BCUT2D eigenvalue weighted by Gasteiger charge is -3.00. The molecule has 0 saturated carbocycles. The molecular formula is C20H27O10P4-3. The Bertz CT molecular complexity index is 823. The minimum atomic E-state index is -4.30. The van der Waals surface area contributed by atoms with Crippen molar-refractivity contribution in [2.24, 2.45) is 0 Å². The lowest BCUT2D eigenvalue weighted by atomic mass is 10.3. The predicted octanol–water partition coefficient (Wildman–Crippen LogP) is 5.84. The van der Waals surface area contributed by atoms with E-state index in [9.17, 15) is 14.2 Å². The SMILES string of the molecule is O=C(OCCCO)OP(=O)(Oc1ccccc1)Oc1ccccc1.O=C1OCCCO1.[2H]PP.[P-3]. The van der Waals surface area contributed by atoms with Crippen molar-refractivity contribution in [2.45, 2.75) is 12.8 Å². The monoisotopic (exact) mass is 552 g/mol. The third-order valence-corrected chi connectivity index (χ3v) is 4.60. The van der Waals surface area contributed by atoms with Crippen molar-refractivity contribution in [3.05, 3.63) is 60.7 Å². The van der Waals surface area contributed by atoms with Crippen molar-refractivity contribution in [3.8, 4) is 11.5 Å². The standard InChI is InChI=1S/C16H17O7P.C4H6O3.H4P2.P/c17-12-7-13-20-16(18)23-24(19,21-14-8-3-1-4-9-14)22-15-10-5-2-6-11-15;5-4-6-2-1-3-7-4;1-2;/h1-6,8-11,17H,7,12-13H2;1-3H2;1-2H2;/q;;;-3/i;;1D;. The number of carbonyl (C=O) groups is 2. The van der Waals surface area contributed by atoms with E-state index in [0.717, 1.165) is 6.42 Å². The average Bonchev–Trinajstić information content (AvgIpc) is 2.82. The van der Waals surface area contributed by atoms with E-state index in [1.807, 2.05) is 0 Å². The Balaban J connectivity index is 0.000000879. The molecule has 0 aliphatic carbocycles. The summed E-state index contributed by atoms with van der Waals surface area (Å²) >= 11 is 0. The number of rotatable bonds is 8. The van der Waals surface area contributed by atoms with Crippen LogP contribution in [0.5, 0.6) is 11.5 Å². The zero-order valence-electron chi connectivity index (χ0n) is 19.1. The Labute approximate surface area is 207 Å². The quantitative estimate of drug-likeness (QED) is 0.242. The molecule has 0 bridgehead atoms. The molecule has 3 rings (SSSR count). The second-order valence-electron chi connectivity index (χ2n) is 5.82. The van der Waals surface area contributed by atoms with Gasteiger partial charge in [-0.15, -0.1) is 17.8 Å². The van der Waals surface area contributed by atoms with Crippen molar-refractivity contribution in [3.63, 3.8) is 0 Å². The van der Waals surface area contributed by atoms with E-state index in [1.54, 1.807) is 60.7 Å². The fourth-order valence-corrected chi connectivity index (χ4v) is 3.13. The smallest absolute Gasteiger partial charge is 0.651 e. The van der Waals surface area contributed by atoms with Crippen LogP contribution in [0.4, 0.5) is 9.59 Å². The highest BCUT2D eigenvalue weighted by Crippen LogP contribution is 2.49. The third-order valence-electron chi connectivity index (χ3n) is 3.36. The van der Waals surface area contributed by atoms with E-state index in [2.05, 4.69) is 18.4 Å². The van der Waals surface area contributed by atoms with E-state index >= 15 is 0 Å². The predicted molar refractivity (Wildman–Crippen MR) is 134 cm³/mol. The van der Waals surface area contributed by atoms with E-state index in [0.29, 0.717) is 13.2 Å². The summed E-state index contributed by atoms with van der Waals surface area (Å²) in [6.07, 6.45) is -0.686. The number of aliphatic hydroxyl groups excluding tert-OH is 1. The largest absolute Gasteiger partial charge is 3.00 e. The molecule has 190 valence electrons. The molecule has 1 fully saturated rings. The van der Waals surface area contributed by atoms with Crippen LogP contribution in [-0.2, 0) is 23.3 Å². The Morgan fingerprint density at radius 2 is 1.50 bits per heavy atom. The molecule has 2 aromatic rings. The number of phosphoric acid groups is 1. The number of hydrogen-bond acceptors (Lipinski definition) is 10. The molecule has 2 unspecified atom stereocenters. The maximum Gasteiger partial charge on any atom is 0.651 e. The van der Waals surface area contributed by atoms with Gasteiger partial charge in [-0.1, -0.05) is 36.4 Å². The summed E-state index contributed by atoms with van der Waals surface area (Å²) in [4.78, 5) is 21.7. The first-order chi connectivity index (χ1) is 16.4. The van der Waals surface area contributed by atoms with E-state index in [-0.39, 0.29) is 49.9 Å². The summed E-state index contributed by atoms with van der Waals surface area (Å²) in [6, 6.07) is 16.3. The summed E-state index contributed by atoms with van der Waals surface area (Å²) in [6.45, 7) is 0.801. The Morgan fingerprint density at radius 3 is 1.88 bits per heavy atom. The first kappa shape index (κ1) is 30.1. The molecule has 14 heteroatoms. The summed E-state index contributed by atoms with van der Waals surface area (Å²) in [5, 5.41) is 8.67. The number of phosphoric ester groups is 1. The number of para-hydroxylation sites is 2. The van der Waals surface area contributed by atoms with Gasteiger partial charge in [0.1, 0.15) is 11.5 Å². The molecule has 1 saturated heterocycles. The van der Waals surface area contributed by atoms with Crippen LogP contribution in [0.3, 0.4) is 0 Å². The zero-order valence-corrected chi connectivity index (χ0v) is 22.1.